The second kappa shape index (κ2) is 6.14. The number of nitrogens with zero attached hydrogens (tertiary/aromatic N) is 2. The first kappa shape index (κ1) is 15.6. The fourth-order valence-corrected chi connectivity index (χ4v) is 4.42. The summed E-state index contributed by atoms with van der Waals surface area (Å²) in [4.78, 5) is 10.8. The fourth-order valence-electron chi connectivity index (χ4n) is 1.51. The summed E-state index contributed by atoms with van der Waals surface area (Å²) >= 11 is 0.715. The Hall–Kier alpha value is -1.43. The highest BCUT2D eigenvalue weighted by molar-refractivity contribution is 7.91. The highest BCUT2D eigenvalue weighted by Crippen LogP contribution is 2.26. The van der Waals surface area contributed by atoms with Gasteiger partial charge in [0.15, 0.2) is 0 Å². The number of carbonyl (C=O) groups is 1. The summed E-state index contributed by atoms with van der Waals surface area (Å²) in [5.74, 6) is -1.15. The highest BCUT2D eigenvalue weighted by Gasteiger charge is 2.28. The largest absolute Gasteiger partial charge is 0.477 e. The second-order valence-corrected chi connectivity index (χ2v) is 7.24. The van der Waals surface area contributed by atoms with Gasteiger partial charge in [-0.3, -0.25) is 0 Å². The number of carboxylic acid groups (broad SMARTS) is 1. The summed E-state index contributed by atoms with van der Waals surface area (Å²) in [5.41, 5.74) is 0. The molecule has 1 aromatic heterocycles. The predicted molar refractivity (Wildman–Crippen MR) is 70.5 cm³/mol. The Morgan fingerprint density at radius 1 is 1.53 bits per heavy atom. The van der Waals surface area contributed by atoms with Crippen LogP contribution in [0.5, 0.6) is 0 Å². The van der Waals surface area contributed by atoms with E-state index in [0.29, 0.717) is 11.3 Å². The maximum absolute atomic E-state index is 12.3. The van der Waals surface area contributed by atoms with Crippen molar-refractivity contribution in [3.63, 3.8) is 0 Å². The third-order valence-corrected chi connectivity index (χ3v) is 5.99. The van der Waals surface area contributed by atoms with Gasteiger partial charge in [-0.15, -0.1) is 11.3 Å². The normalized spacial score (nSPS) is 11.7. The lowest BCUT2D eigenvalue weighted by Crippen LogP contribution is -2.37. The van der Waals surface area contributed by atoms with Crippen LogP contribution in [0.25, 0.3) is 0 Å². The lowest BCUT2D eigenvalue weighted by molar-refractivity contribution is 0.0702. The molecule has 1 N–H and O–H groups in total. The van der Waals surface area contributed by atoms with Crippen LogP contribution in [0, 0.1) is 11.3 Å². The standard InChI is InChI=1S/C11H14N2O4S2/c1-8(2)13(7-3-6-12)19(16,17)10-5-4-9(18-10)11(14)15/h4-5,8H,3,7H2,1-2H3,(H,14,15). The molecule has 0 aromatic carbocycles. The van der Waals surface area contributed by atoms with Crippen molar-refractivity contribution in [1.82, 2.24) is 4.31 Å². The number of hydrogen-bond acceptors (Lipinski definition) is 5. The number of rotatable bonds is 6. The topological polar surface area (TPSA) is 98.5 Å². The van der Waals surface area contributed by atoms with Gasteiger partial charge in [-0.1, -0.05) is 0 Å². The number of thiophene rings is 1. The van der Waals surface area contributed by atoms with Crippen molar-refractivity contribution in [2.45, 2.75) is 30.5 Å². The molecule has 0 fully saturated rings. The van der Waals surface area contributed by atoms with E-state index in [4.69, 9.17) is 10.4 Å². The average Bonchev–Trinajstić information content (AvgIpc) is 2.78. The van der Waals surface area contributed by atoms with Crippen molar-refractivity contribution in [2.75, 3.05) is 6.54 Å². The molecule has 19 heavy (non-hydrogen) atoms. The molecule has 6 nitrogen and oxygen atoms in total. The Morgan fingerprint density at radius 2 is 2.16 bits per heavy atom. The molecule has 0 amide bonds. The molecule has 1 heterocycles. The molecule has 1 rings (SSSR count). The Kier molecular flexibility index (Phi) is 5.05. The monoisotopic (exact) mass is 302 g/mol. The van der Waals surface area contributed by atoms with Gasteiger partial charge in [-0.25, -0.2) is 13.2 Å². The van der Waals surface area contributed by atoms with E-state index in [1.165, 1.54) is 16.4 Å². The van der Waals surface area contributed by atoms with Gasteiger partial charge in [0.05, 0.1) is 6.07 Å². The summed E-state index contributed by atoms with van der Waals surface area (Å²) in [5, 5.41) is 17.4. The van der Waals surface area contributed by atoms with Crippen LogP contribution in [0.2, 0.25) is 0 Å². The zero-order chi connectivity index (χ0) is 14.6. The zero-order valence-electron chi connectivity index (χ0n) is 10.5. The maximum atomic E-state index is 12.3. The highest BCUT2D eigenvalue weighted by atomic mass is 32.2. The summed E-state index contributed by atoms with van der Waals surface area (Å²) in [6, 6.07) is 4.16. The molecule has 0 aliphatic carbocycles. The van der Waals surface area contributed by atoms with Crippen LogP contribution >= 0.6 is 11.3 Å². The molecule has 0 aliphatic rings. The van der Waals surface area contributed by atoms with Crippen molar-refractivity contribution in [3.8, 4) is 6.07 Å². The predicted octanol–water partition coefficient (Wildman–Crippen LogP) is 1.76. The van der Waals surface area contributed by atoms with Crippen molar-refractivity contribution in [3.05, 3.63) is 17.0 Å². The van der Waals surface area contributed by atoms with E-state index in [0.717, 1.165) is 0 Å². The fraction of sp³-hybridized carbons (Fsp3) is 0.455. The maximum Gasteiger partial charge on any atom is 0.345 e. The van der Waals surface area contributed by atoms with E-state index in [1.807, 2.05) is 6.07 Å². The number of aromatic carboxylic acids is 1. The first-order valence-electron chi connectivity index (χ1n) is 5.52. The molecule has 0 saturated heterocycles. The molecule has 0 bridgehead atoms. The van der Waals surface area contributed by atoms with E-state index in [-0.39, 0.29) is 28.1 Å². The molecule has 0 aliphatic heterocycles. The molecule has 104 valence electrons. The number of sulfonamides is 1. The van der Waals surface area contributed by atoms with Crippen LogP contribution in [-0.2, 0) is 10.0 Å². The van der Waals surface area contributed by atoms with Gasteiger partial charge in [-0.05, 0) is 26.0 Å². The van der Waals surface area contributed by atoms with Gasteiger partial charge in [-0.2, -0.15) is 9.57 Å². The molecule has 0 saturated carbocycles. The Labute approximate surface area is 115 Å². The van der Waals surface area contributed by atoms with Gasteiger partial charge < -0.3 is 5.11 Å². The van der Waals surface area contributed by atoms with Gasteiger partial charge in [0.1, 0.15) is 9.09 Å². The van der Waals surface area contributed by atoms with E-state index in [2.05, 4.69) is 0 Å². The summed E-state index contributed by atoms with van der Waals surface area (Å²) in [6.45, 7) is 3.51. The van der Waals surface area contributed by atoms with Crippen LogP contribution in [0.4, 0.5) is 0 Å². The summed E-state index contributed by atoms with van der Waals surface area (Å²) < 4.78 is 25.9. The lowest BCUT2D eigenvalue weighted by Gasteiger charge is -2.24. The zero-order valence-corrected chi connectivity index (χ0v) is 12.2. The van der Waals surface area contributed by atoms with Crippen molar-refractivity contribution in [2.24, 2.45) is 0 Å². The quantitative estimate of drug-likeness (QED) is 0.863. The van der Waals surface area contributed by atoms with Crippen LogP contribution < -0.4 is 0 Å². The Bertz CT molecular complexity index is 598. The molecule has 1 aromatic rings. The van der Waals surface area contributed by atoms with Crippen LogP contribution in [0.3, 0.4) is 0 Å². The minimum Gasteiger partial charge on any atom is -0.477 e. The Morgan fingerprint density at radius 3 is 2.58 bits per heavy atom. The lowest BCUT2D eigenvalue weighted by atomic mass is 10.3. The summed E-state index contributed by atoms with van der Waals surface area (Å²) in [7, 11) is -3.75. The molecule has 0 radical (unpaired) electrons. The Balaban J connectivity index is 3.12. The molecule has 0 unspecified atom stereocenters. The minimum absolute atomic E-state index is 0.0171. The third kappa shape index (κ3) is 3.53. The first-order valence-corrected chi connectivity index (χ1v) is 7.78. The third-order valence-electron chi connectivity index (χ3n) is 2.38. The van der Waals surface area contributed by atoms with Crippen molar-refractivity contribution in [1.29, 1.82) is 5.26 Å². The molecule has 0 spiro atoms. The number of nitriles is 1. The van der Waals surface area contributed by atoms with Crippen LogP contribution in [0.15, 0.2) is 16.3 Å². The number of carboxylic acids is 1. The smallest absolute Gasteiger partial charge is 0.345 e. The number of hydrogen-bond donors (Lipinski definition) is 1. The molecule has 8 heteroatoms. The average molecular weight is 302 g/mol. The van der Waals surface area contributed by atoms with E-state index < -0.39 is 16.0 Å². The van der Waals surface area contributed by atoms with Gasteiger partial charge in [0, 0.05) is 19.0 Å². The van der Waals surface area contributed by atoms with Crippen LogP contribution in [0.1, 0.15) is 29.9 Å². The molecular formula is C11H14N2O4S2. The van der Waals surface area contributed by atoms with Crippen molar-refractivity contribution < 1.29 is 18.3 Å². The molecule has 0 atom stereocenters. The van der Waals surface area contributed by atoms with Crippen molar-refractivity contribution >= 4 is 27.3 Å². The summed E-state index contributed by atoms with van der Waals surface area (Å²) in [6.07, 6.45) is 0.0918. The molecular weight excluding hydrogens is 288 g/mol. The first-order chi connectivity index (χ1) is 8.80. The SMILES string of the molecule is CC(C)N(CCC#N)S(=O)(=O)c1ccc(C(=O)O)s1. The van der Waals surface area contributed by atoms with Gasteiger partial charge in [0.2, 0.25) is 0 Å². The van der Waals surface area contributed by atoms with Gasteiger partial charge >= 0.3 is 5.97 Å². The van der Waals surface area contributed by atoms with E-state index in [1.54, 1.807) is 13.8 Å². The van der Waals surface area contributed by atoms with E-state index >= 15 is 0 Å². The van der Waals surface area contributed by atoms with E-state index in [9.17, 15) is 13.2 Å². The van der Waals surface area contributed by atoms with Gasteiger partial charge in [0.25, 0.3) is 10.0 Å². The van der Waals surface area contributed by atoms with Crippen LogP contribution in [-0.4, -0.2) is 36.4 Å². The minimum atomic E-state index is -3.75. The second-order valence-electron chi connectivity index (χ2n) is 4.04.